The zero-order chi connectivity index (χ0) is 25.9. The highest BCUT2D eigenvalue weighted by Crippen LogP contribution is 2.39. The molecule has 0 atom stereocenters. The van der Waals surface area contributed by atoms with Crippen LogP contribution in [0.3, 0.4) is 0 Å². The molecule has 0 N–H and O–H groups in total. The smallest absolute Gasteiger partial charge is 0.373 e. The third-order valence-electron chi connectivity index (χ3n) is 7.18. The normalized spacial score (nSPS) is 18.9. The summed E-state index contributed by atoms with van der Waals surface area (Å²) in [4.78, 5) is 0. The van der Waals surface area contributed by atoms with E-state index in [0.29, 0.717) is 11.3 Å². The molecule has 1 fully saturated rings. The molecule has 0 aliphatic heterocycles. The Morgan fingerprint density at radius 3 is 2.19 bits per heavy atom. The molecule has 1 saturated carbocycles. The second-order valence-corrected chi connectivity index (χ2v) is 11.2. The zero-order valence-corrected chi connectivity index (χ0v) is 21.0. The summed E-state index contributed by atoms with van der Waals surface area (Å²) in [5.74, 6) is -0.729. The summed E-state index contributed by atoms with van der Waals surface area (Å²) in [6.45, 7) is 2.23. The van der Waals surface area contributed by atoms with Gasteiger partial charge in [-0.25, -0.2) is 4.39 Å². The quantitative estimate of drug-likeness (QED) is 0.129. The van der Waals surface area contributed by atoms with E-state index in [1.165, 1.54) is 69.1 Å². The third kappa shape index (κ3) is 5.85. The maximum absolute atomic E-state index is 14.7. The molecule has 0 saturated heterocycles. The number of alkyl halides is 3. The lowest BCUT2D eigenvalue weighted by Crippen LogP contribution is -2.28. The van der Waals surface area contributed by atoms with Crippen LogP contribution < -0.4 is 4.18 Å². The summed E-state index contributed by atoms with van der Waals surface area (Å²) < 4.78 is 79.0. The average Bonchev–Trinajstić information content (AvgIpc) is 2.85. The van der Waals surface area contributed by atoms with E-state index in [0.717, 1.165) is 23.1 Å². The van der Waals surface area contributed by atoms with Crippen LogP contribution in [0.4, 0.5) is 17.6 Å². The average molecular weight is 523 g/mol. The minimum Gasteiger partial charge on any atom is -0.373 e. The Morgan fingerprint density at radius 1 is 0.889 bits per heavy atom. The van der Waals surface area contributed by atoms with Gasteiger partial charge in [0.2, 0.25) is 0 Å². The van der Waals surface area contributed by atoms with Crippen molar-refractivity contribution in [3.63, 3.8) is 0 Å². The lowest BCUT2D eigenvalue weighted by molar-refractivity contribution is -0.0500. The van der Waals surface area contributed by atoms with Crippen molar-refractivity contribution in [3.8, 4) is 16.9 Å². The van der Waals surface area contributed by atoms with Crippen LogP contribution in [0.1, 0.15) is 69.8 Å². The lowest BCUT2D eigenvalue weighted by atomic mass is 9.77. The predicted molar refractivity (Wildman–Crippen MR) is 134 cm³/mol. The molecule has 1 aliphatic rings. The summed E-state index contributed by atoms with van der Waals surface area (Å²) in [7, 11) is -5.96. The van der Waals surface area contributed by atoms with Crippen molar-refractivity contribution in [1.82, 2.24) is 0 Å². The van der Waals surface area contributed by atoms with Crippen LogP contribution in [0.25, 0.3) is 21.9 Å². The number of unbranched alkanes of at least 4 members (excludes halogenated alkanes) is 2. The molecule has 0 aromatic heterocycles. The van der Waals surface area contributed by atoms with Crippen LogP contribution in [-0.4, -0.2) is 13.9 Å². The number of hydrogen-bond acceptors (Lipinski definition) is 3. The molecule has 8 heteroatoms. The second kappa shape index (κ2) is 10.8. The molecule has 3 aromatic rings. The van der Waals surface area contributed by atoms with Crippen LogP contribution in [0.15, 0.2) is 54.6 Å². The van der Waals surface area contributed by atoms with E-state index in [1.54, 1.807) is 12.1 Å². The van der Waals surface area contributed by atoms with Crippen molar-refractivity contribution in [2.24, 2.45) is 5.92 Å². The number of halogens is 4. The van der Waals surface area contributed by atoms with Crippen LogP contribution in [0.5, 0.6) is 5.75 Å². The second-order valence-electron chi connectivity index (χ2n) is 9.63. The van der Waals surface area contributed by atoms with Gasteiger partial charge in [0.1, 0.15) is 0 Å². The molecule has 0 amide bonds. The van der Waals surface area contributed by atoms with Crippen molar-refractivity contribution in [2.75, 3.05) is 0 Å². The van der Waals surface area contributed by atoms with Crippen molar-refractivity contribution in [3.05, 3.63) is 66.0 Å². The van der Waals surface area contributed by atoms with Crippen LogP contribution in [0.2, 0.25) is 0 Å². The number of hydrogen-bond donors (Lipinski definition) is 0. The summed E-state index contributed by atoms with van der Waals surface area (Å²) in [5, 5.41) is 0.396. The summed E-state index contributed by atoms with van der Waals surface area (Å²) in [6, 6.07) is 15.4. The van der Waals surface area contributed by atoms with E-state index in [-0.39, 0.29) is 5.39 Å². The molecule has 194 valence electrons. The fraction of sp³-hybridized carbons (Fsp3) is 0.429. The molecule has 1 aliphatic carbocycles. The molecule has 0 radical (unpaired) electrons. The topological polar surface area (TPSA) is 43.4 Å². The molecular formula is C28H30F4O3S. The standard InChI is InChI=1S/C28H30F4O3S/c1-2-3-4-5-19-6-8-20(9-7-19)21-10-12-22(13-11-21)23-14-16-25-24(18-23)15-17-26(27(25)29)35-36(33,34)28(30,31)32/h10-20H,2-9H2,1H3. The minimum absolute atomic E-state index is 0.0269. The van der Waals surface area contributed by atoms with E-state index in [1.807, 2.05) is 12.1 Å². The summed E-state index contributed by atoms with van der Waals surface area (Å²) in [6.07, 6.45) is 10.2. The van der Waals surface area contributed by atoms with Gasteiger partial charge in [-0.3, -0.25) is 0 Å². The fourth-order valence-electron chi connectivity index (χ4n) is 5.10. The number of fused-ring (bicyclic) bond motifs is 1. The fourth-order valence-corrected chi connectivity index (χ4v) is 5.56. The van der Waals surface area contributed by atoms with Gasteiger partial charge in [0, 0.05) is 5.39 Å². The first-order valence-corrected chi connectivity index (χ1v) is 13.8. The highest BCUT2D eigenvalue weighted by molar-refractivity contribution is 7.88. The SMILES string of the molecule is CCCCCC1CCC(c2ccc(-c3ccc4c(F)c(OS(=O)(=O)C(F)(F)F)ccc4c3)cc2)CC1. The Kier molecular flexibility index (Phi) is 7.93. The third-order valence-corrected chi connectivity index (χ3v) is 8.15. The molecule has 4 rings (SSSR count). The largest absolute Gasteiger partial charge is 0.534 e. The number of rotatable bonds is 8. The molecular weight excluding hydrogens is 492 g/mol. The van der Waals surface area contributed by atoms with Gasteiger partial charge >= 0.3 is 15.6 Å². The van der Waals surface area contributed by atoms with Gasteiger partial charge in [-0.15, -0.1) is 0 Å². The van der Waals surface area contributed by atoms with E-state index >= 15 is 0 Å². The molecule has 0 spiro atoms. The van der Waals surface area contributed by atoms with Crippen LogP contribution in [-0.2, 0) is 10.1 Å². The summed E-state index contributed by atoms with van der Waals surface area (Å²) >= 11 is 0. The van der Waals surface area contributed by atoms with Crippen molar-refractivity contribution in [2.45, 2.75) is 69.7 Å². The van der Waals surface area contributed by atoms with Crippen molar-refractivity contribution in [1.29, 1.82) is 0 Å². The Hall–Kier alpha value is -2.61. The van der Waals surface area contributed by atoms with Gasteiger partial charge in [-0.2, -0.15) is 21.6 Å². The minimum atomic E-state index is -5.96. The highest BCUT2D eigenvalue weighted by atomic mass is 32.2. The maximum Gasteiger partial charge on any atom is 0.534 e. The van der Waals surface area contributed by atoms with Crippen molar-refractivity contribution >= 4 is 20.9 Å². The first-order chi connectivity index (χ1) is 17.1. The predicted octanol–water partition coefficient (Wildman–Crippen LogP) is 8.73. The van der Waals surface area contributed by atoms with Gasteiger partial charge in [0.05, 0.1) is 0 Å². The lowest BCUT2D eigenvalue weighted by Gasteiger charge is -2.29. The monoisotopic (exact) mass is 522 g/mol. The Bertz CT molecular complexity index is 1290. The molecule has 3 aromatic carbocycles. The Labute approximate surface area is 209 Å². The molecule has 0 bridgehead atoms. The van der Waals surface area contributed by atoms with E-state index in [9.17, 15) is 26.0 Å². The van der Waals surface area contributed by atoms with E-state index in [4.69, 9.17) is 0 Å². The van der Waals surface area contributed by atoms with E-state index < -0.39 is 27.2 Å². The molecule has 36 heavy (non-hydrogen) atoms. The van der Waals surface area contributed by atoms with Gasteiger partial charge in [0.25, 0.3) is 0 Å². The Morgan fingerprint density at radius 2 is 1.56 bits per heavy atom. The maximum atomic E-state index is 14.7. The van der Waals surface area contributed by atoms with Gasteiger partial charge in [0.15, 0.2) is 11.6 Å². The van der Waals surface area contributed by atoms with Crippen LogP contribution in [0, 0.1) is 11.7 Å². The zero-order valence-electron chi connectivity index (χ0n) is 20.2. The van der Waals surface area contributed by atoms with Gasteiger partial charge < -0.3 is 4.18 Å². The van der Waals surface area contributed by atoms with Gasteiger partial charge in [-0.05, 0) is 71.7 Å². The van der Waals surface area contributed by atoms with Crippen LogP contribution >= 0.6 is 0 Å². The number of benzene rings is 3. The molecule has 0 heterocycles. The highest BCUT2D eigenvalue weighted by Gasteiger charge is 2.49. The van der Waals surface area contributed by atoms with Crippen molar-refractivity contribution < 1.29 is 30.2 Å². The summed E-state index contributed by atoms with van der Waals surface area (Å²) in [5.41, 5.74) is -2.55. The first kappa shape index (κ1) is 26.5. The molecule has 3 nitrogen and oxygen atoms in total. The Balaban J connectivity index is 1.46. The van der Waals surface area contributed by atoms with E-state index in [2.05, 4.69) is 23.2 Å². The first-order valence-electron chi connectivity index (χ1n) is 12.4. The molecule has 0 unspecified atom stereocenters. The van der Waals surface area contributed by atoms with Gasteiger partial charge in [-0.1, -0.05) is 75.1 Å².